The van der Waals surface area contributed by atoms with Crippen molar-refractivity contribution < 1.29 is 42.3 Å². The molecule has 3 nitrogen and oxygen atoms in total. The minimum absolute atomic E-state index is 0. The van der Waals surface area contributed by atoms with Gasteiger partial charge in [0.1, 0.15) is 0 Å². The van der Waals surface area contributed by atoms with Crippen molar-refractivity contribution in [2.75, 3.05) is 0 Å². The predicted molar refractivity (Wildman–Crippen MR) is 30.7 cm³/mol. The fraction of sp³-hybridized carbons (Fsp3) is 0. The van der Waals surface area contributed by atoms with Crippen molar-refractivity contribution in [2.45, 2.75) is 0 Å². The molecule has 0 fully saturated rings. The van der Waals surface area contributed by atoms with Gasteiger partial charge in [0, 0.05) is 25.8 Å². The van der Waals surface area contributed by atoms with Crippen molar-refractivity contribution in [1.29, 1.82) is 0 Å². The molecule has 0 unspecified atom stereocenters. The average molecular weight is 293 g/mol. The fourth-order valence-electron chi connectivity index (χ4n) is 0. The summed E-state index contributed by atoms with van der Waals surface area (Å²) < 4.78 is 0. The quantitative estimate of drug-likeness (QED) is 0.401. The maximum absolute atomic E-state index is 0. The van der Waals surface area contributed by atoms with E-state index in [1.165, 1.54) is 0 Å². The molecule has 40 valence electrons. The van der Waals surface area contributed by atoms with Gasteiger partial charge in [0.15, 0.2) is 34.7 Å². The Balaban J connectivity index is 0. The molecule has 0 aromatic heterocycles. The Kier molecular flexibility index (Phi) is 1280. The third kappa shape index (κ3) is 40.9. The first-order valence-electron chi connectivity index (χ1n) is 0. The van der Waals surface area contributed by atoms with Crippen LogP contribution in [0.2, 0.25) is 0 Å². The summed E-state index contributed by atoms with van der Waals surface area (Å²) in [6.45, 7) is 0. The molecule has 0 saturated carbocycles. The van der Waals surface area contributed by atoms with Gasteiger partial charge in [0.25, 0.3) is 0 Å². The van der Waals surface area contributed by atoms with Gasteiger partial charge in [-0.15, -0.1) is 0 Å². The molecule has 0 rings (SSSR count). The minimum atomic E-state index is 0. The van der Waals surface area contributed by atoms with Crippen LogP contribution in [-0.2, 0) is 25.8 Å². The summed E-state index contributed by atoms with van der Waals surface area (Å²) in [6.07, 6.45) is 0. The van der Waals surface area contributed by atoms with Gasteiger partial charge in [-0.2, -0.15) is 0 Å². The molecule has 6 heteroatoms. The molecule has 0 radical (unpaired) electrons. The maximum atomic E-state index is 0. The van der Waals surface area contributed by atoms with E-state index in [4.69, 9.17) is 0 Å². The molecule has 6 heavy (non-hydrogen) atoms. The molecule has 0 bridgehead atoms. The van der Waals surface area contributed by atoms with Crippen LogP contribution >= 0.6 is 0 Å². The van der Waals surface area contributed by atoms with Gasteiger partial charge in [-0.3, -0.25) is 0 Å². The molecule has 0 atom stereocenters. The van der Waals surface area contributed by atoms with Crippen LogP contribution in [0.15, 0.2) is 0 Å². The Morgan fingerprint density at radius 1 is 0.500 bits per heavy atom. The van der Waals surface area contributed by atoms with Crippen LogP contribution in [0.1, 0.15) is 0 Å². The zero-order chi connectivity index (χ0) is 0. The van der Waals surface area contributed by atoms with Gasteiger partial charge in [-0.05, 0) is 0 Å². The summed E-state index contributed by atoms with van der Waals surface area (Å²) >= 11 is 0. The monoisotopic (exact) mass is 294 g/mol. The van der Waals surface area contributed by atoms with Gasteiger partial charge in [-0.25, -0.2) is 0 Å². The largest absolute Gasteiger partial charge is 0.412 e. The summed E-state index contributed by atoms with van der Waals surface area (Å²) in [4.78, 5) is 0. The van der Waals surface area contributed by atoms with E-state index in [-0.39, 0.29) is 77.0 Å². The van der Waals surface area contributed by atoms with E-state index >= 15 is 0 Å². The Hall–Kier alpha value is 1.82. The summed E-state index contributed by atoms with van der Waals surface area (Å²) in [5.41, 5.74) is 0. The van der Waals surface area contributed by atoms with Gasteiger partial charge < -0.3 is 16.4 Å². The first kappa shape index (κ1) is 110. The third-order valence-corrected chi connectivity index (χ3v) is 0. The third-order valence-electron chi connectivity index (χ3n) is 0. The Bertz CT molecular complexity index is 8.75. The van der Waals surface area contributed by atoms with E-state index in [1.807, 2.05) is 0 Å². The second-order valence-electron chi connectivity index (χ2n) is 0. The van der Waals surface area contributed by atoms with Gasteiger partial charge in [-0.1, -0.05) is 0 Å². The standard InChI is InChI=1S/2Al.Hf.3H2O.6H/h;;;3*1H2;;;;;;. The van der Waals surface area contributed by atoms with Gasteiger partial charge >= 0.3 is 0 Å². The van der Waals surface area contributed by atoms with Crippen molar-refractivity contribution in [1.82, 2.24) is 0 Å². The number of rotatable bonds is 0. The molecule has 0 aliphatic rings. The molecule has 0 aliphatic heterocycles. The molecule has 0 spiro atoms. The molecule has 0 amide bonds. The summed E-state index contributed by atoms with van der Waals surface area (Å²) in [5, 5.41) is 0. The molecule has 6 N–H and O–H groups in total. The van der Waals surface area contributed by atoms with Crippen LogP contribution in [0, 0.1) is 0 Å². The van der Waals surface area contributed by atoms with Crippen molar-refractivity contribution in [3.8, 4) is 0 Å². The predicted octanol–water partition coefficient (Wildman–Crippen LogP) is -4.84. The Morgan fingerprint density at radius 2 is 0.500 bits per heavy atom. The van der Waals surface area contributed by atoms with Crippen LogP contribution in [0.5, 0.6) is 0 Å². The molecule has 0 aliphatic carbocycles. The zero-order valence-electron chi connectivity index (χ0n) is 2.00. The van der Waals surface area contributed by atoms with E-state index in [0.717, 1.165) is 0 Å². The Morgan fingerprint density at radius 3 is 0.500 bits per heavy atom. The Labute approximate surface area is 76.5 Å². The topological polar surface area (TPSA) is 94.5 Å². The van der Waals surface area contributed by atoms with E-state index in [2.05, 4.69) is 0 Å². The van der Waals surface area contributed by atoms with Crippen molar-refractivity contribution in [2.24, 2.45) is 0 Å². The van der Waals surface area contributed by atoms with Crippen LogP contribution in [-0.4, -0.2) is 51.2 Å². The summed E-state index contributed by atoms with van der Waals surface area (Å²) in [5.74, 6) is 0. The first-order chi connectivity index (χ1) is 0. The first-order valence-corrected chi connectivity index (χ1v) is 0. The van der Waals surface area contributed by atoms with Crippen LogP contribution < -0.4 is 0 Å². The SMILES string of the molecule is O.O.O.[AlH3].[AlH3].[Hf]. The molecule has 0 heterocycles. The summed E-state index contributed by atoms with van der Waals surface area (Å²) in [6, 6.07) is 0. The van der Waals surface area contributed by atoms with Crippen LogP contribution in [0.25, 0.3) is 0 Å². The van der Waals surface area contributed by atoms with Crippen molar-refractivity contribution in [3.05, 3.63) is 0 Å². The molecular weight excluding hydrogens is 280 g/mol. The second kappa shape index (κ2) is 70.0. The van der Waals surface area contributed by atoms with Crippen LogP contribution in [0.3, 0.4) is 0 Å². The van der Waals surface area contributed by atoms with Crippen LogP contribution in [0.4, 0.5) is 0 Å². The molecule has 0 saturated heterocycles. The molecular formula is H12Al2HfO3. The smallest absolute Gasteiger partial charge is 0.187 e. The van der Waals surface area contributed by atoms with E-state index in [0.29, 0.717) is 0 Å². The maximum Gasteiger partial charge on any atom is 0.187 e. The fourth-order valence-corrected chi connectivity index (χ4v) is 0. The van der Waals surface area contributed by atoms with E-state index in [1.54, 1.807) is 0 Å². The second-order valence-corrected chi connectivity index (χ2v) is 0. The molecule has 0 aromatic rings. The van der Waals surface area contributed by atoms with E-state index in [9.17, 15) is 0 Å². The van der Waals surface area contributed by atoms with Crippen molar-refractivity contribution >= 4 is 34.7 Å². The van der Waals surface area contributed by atoms with Crippen molar-refractivity contribution in [3.63, 3.8) is 0 Å². The normalized spacial score (nSPS) is 0. The molecule has 0 aromatic carbocycles. The average Bonchev–Trinajstić information content (AvgIpc) is 0. The summed E-state index contributed by atoms with van der Waals surface area (Å²) in [7, 11) is 0. The number of hydrogen-bond donors (Lipinski definition) is 0. The van der Waals surface area contributed by atoms with Gasteiger partial charge in [0.05, 0.1) is 0 Å². The number of hydrogen-bond acceptors (Lipinski definition) is 0. The zero-order valence-corrected chi connectivity index (χ0v) is 5.59. The van der Waals surface area contributed by atoms with E-state index < -0.39 is 0 Å². The van der Waals surface area contributed by atoms with Gasteiger partial charge in [0.2, 0.25) is 0 Å². The minimum Gasteiger partial charge on any atom is -0.412 e.